The van der Waals surface area contributed by atoms with Crippen LogP contribution < -0.4 is 15.2 Å². The number of hydrogen-bond donors (Lipinski definition) is 2. The first kappa shape index (κ1) is 25.8. The van der Waals surface area contributed by atoms with Crippen molar-refractivity contribution in [2.24, 2.45) is 0 Å². The van der Waals surface area contributed by atoms with Crippen molar-refractivity contribution < 1.29 is 14.6 Å². The molecule has 3 N–H and O–H groups in total. The summed E-state index contributed by atoms with van der Waals surface area (Å²) >= 11 is 0. The molecule has 34 heavy (non-hydrogen) atoms. The number of sulfonamides is 1. The Balaban J connectivity index is 0.00000432. The standard InChI is InChI=1S/C26H36N4O3S.H2/c1-16-12-17(2)22(18(3)13-16)15-30-23(24(33-8)25(28-30)26(5,6)7)19(4)29-34(31,32)21-11-9-10-20(27)14-21;/h9-14,19,29H,15,27H2,1-8H3;1H. The third-order valence-corrected chi connectivity index (χ3v) is 7.46. The summed E-state index contributed by atoms with van der Waals surface area (Å²) in [5.74, 6) is 0.595. The summed E-state index contributed by atoms with van der Waals surface area (Å²) < 4.78 is 36.8. The first-order chi connectivity index (χ1) is 15.7. The number of nitrogen functional groups attached to an aromatic ring is 1. The molecule has 3 rings (SSSR count). The maximum Gasteiger partial charge on any atom is 0.241 e. The highest BCUT2D eigenvalue weighted by atomic mass is 32.2. The molecule has 0 radical (unpaired) electrons. The SMILES string of the molecule is COc1c(C(C)(C)C)nn(Cc2c(C)cc(C)cc2C)c1C(C)NS(=O)(=O)c1cccc(N)c1.[HH]. The van der Waals surface area contributed by atoms with Gasteiger partial charge in [-0.1, -0.05) is 44.5 Å². The Labute approximate surface area is 204 Å². The van der Waals surface area contributed by atoms with E-state index in [1.165, 1.54) is 28.8 Å². The summed E-state index contributed by atoms with van der Waals surface area (Å²) in [5.41, 5.74) is 12.1. The number of benzene rings is 2. The van der Waals surface area contributed by atoms with Crippen molar-refractivity contribution in [3.63, 3.8) is 0 Å². The summed E-state index contributed by atoms with van der Waals surface area (Å²) in [7, 11) is -2.22. The summed E-state index contributed by atoms with van der Waals surface area (Å²) in [6.07, 6.45) is 0. The lowest BCUT2D eigenvalue weighted by Crippen LogP contribution is -2.29. The zero-order valence-electron chi connectivity index (χ0n) is 21.4. The molecule has 1 atom stereocenters. The molecule has 1 heterocycles. The van der Waals surface area contributed by atoms with Crippen LogP contribution in [-0.4, -0.2) is 25.3 Å². The van der Waals surface area contributed by atoms with Crippen molar-refractivity contribution in [3.8, 4) is 5.75 Å². The van der Waals surface area contributed by atoms with Crippen LogP contribution in [0, 0.1) is 20.8 Å². The van der Waals surface area contributed by atoms with Gasteiger partial charge in [-0.05, 0) is 62.6 Å². The molecule has 1 unspecified atom stereocenters. The maximum absolute atomic E-state index is 13.1. The van der Waals surface area contributed by atoms with Gasteiger partial charge in [-0.15, -0.1) is 0 Å². The molecular weight excluding hydrogens is 448 g/mol. The second-order valence-corrected chi connectivity index (χ2v) is 11.7. The van der Waals surface area contributed by atoms with Crippen LogP contribution in [0.3, 0.4) is 0 Å². The van der Waals surface area contributed by atoms with Crippen molar-refractivity contribution in [2.45, 2.75) is 71.4 Å². The molecule has 1 aromatic heterocycles. The Morgan fingerprint density at radius 3 is 2.29 bits per heavy atom. The van der Waals surface area contributed by atoms with Crippen molar-refractivity contribution in [1.29, 1.82) is 0 Å². The van der Waals surface area contributed by atoms with E-state index in [0.29, 0.717) is 23.7 Å². The van der Waals surface area contributed by atoms with E-state index in [1.54, 1.807) is 26.2 Å². The Hall–Kier alpha value is -2.84. The molecule has 0 amide bonds. The Morgan fingerprint density at radius 2 is 1.76 bits per heavy atom. The quantitative estimate of drug-likeness (QED) is 0.456. The fourth-order valence-corrected chi connectivity index (χ4v) is 5.60. The van der Waals surface area contributed by atoms with Crippen LogP contribution >= 0.6 is 0 Å². The van der Waals surface area contributed by atoms with E-state index < -0.39 is 16.1 Å². The van der Waals surface area contributed by atoms with E-state index in [1.807, 2.05) is 4.68 Å². The molecule has 186 valence electrons. The zero-order valence-corrected chi connectivity index (χ0v) is 22.2. The van der Waals surface area contributed by atoms with Crippen LogP contribution in [0.4, 0.5) is 5.69 Å². The molecule has 0 bridgehead atoms. The Bertz CT molecular complexity index is 1290. The largest absolute Gasteiger partial charge is 0.493 e. The molecular formula is C26H38N4O3S. The van der Waals surface area contributed by atoms with Crippen molar-refractivity contribution in [2.75, 3.05) is 12.8 Å². The van der Waals surface area contributed by atoms with E-state index in [0.717, 1.165) is 11.3 Å². The molecule has 2 aromatic carbocycles. The van der Waals surface area contributed by atoms with Gasteiger partial charge in [0.05, 0.1) is 30.3 Å². The molecule has 0 aliphatic rings. The van der Waals surface area contributed by atoms with Gasteiger partial charge in [0, 0.05) is 12.5 Å². The molecule has 0 aliphatic carbocycles. The molecule has 0 aliphatic heterocycles. The Morgan fingerprint density at radius 1 is 1.15 bits per heavy atom. The number of aromatic nitrogens is 2. The average molecular weight is 487 g/mol. The van der Waals surface area contributed by atoms with Gasteiger partial charge in [0.15, 0.2) is 5.75 Å². The van der Waals surface area contributed by atoms with E-state index in [2.05, 4.69) is 58.4 Å². The zero-order chi connectivity index (χ0) is 25.4. The lowest BCUT2D eigenvalue weighted by atomic mass is 9.91. The highest BCUT2D eigenvalue weighted by Crippen LogP contribution is 2.37. The fourth-order valence-electron chi connectivity index (χ4n) is 4.34. The first-order valence-electron chi connectivity index (χ1n) is 11.3. The summed E-state index contributed by atoms with van der Waals surface area (Å²) in [6, 6.07) is 9.96. The molecule has 7 nitrogen and oxygen atoms in total. The molecule has 0 fully saturated rings. The normalized spacial score (nSPS) is 13.2. The molecule has 0 spiro atoms. The topological polar surface area (TPSA) is 99.2 Å². The predicted octanol–water partition coefficient (Wildman–Crippen LogP) is 5.03. The number of ether oxygens (including phenoxy) is 1. The minimum absolute atomic E-state index is 0. The van der Waals surface area contributed by atoms with Gasteiger partial charge >= 0.3 is 0 Å². The summed E-state index contributed by atoms with van der Waals surface area (Å²) in [6.45, 7) is 14.8. The van der Waals surface area contributed by atoms with Crippen LogP contribution in [0.15, 0.2) is 41.3 Å². The van der Waals surface area contributed by atoms with Gasteiger partial charge in [-0.25, -0.2) is 13.1 Å². The van der Waals surface area contributed by atoms with Crippen LogP contribution in [0.1, 0.15) is 68.8 Å². The third kappa shape index (κ3) is 5.28. The highest BCUT2D eigenvalue weighted by molar-refractivity contribution is 7.89. The average Bonchev–Trinajstić information content (AvgIpc) is 3.09. The number of nitrogens with two attached hydrogens (primary N) is 1. The van der Waals surface area contributed by atoms with Crippen molar-refractivity contribution in [1.82, 2.24) is 14.5 Å². The van der Waals surface area contributed by atoms with Crippen LogP contribution in [0.2, 0.25) is 0 Å². The number of nitrogens with zero attached hydrogens (tertiary/aromatic N) is 2. The first-order valence-corrected chi connectivity index (χ1v) is 12.8. The van der Waals surface area contributed by atoms with Crippen LogP contribution in [0.25, 0.3) is 0 Å². The molecule has 3 aromatic rings. The smallest absolute Gasteiger partial charge is 0.241 e. The van der Waals surface area contributed by atoms with Gasteiger partial charge in [-0.3, -0.25) is 4.68 Å². The van der Waals surface area contributed by atoms with Gasteiger partial charge in [0.1, 0.15) is 5.69 Å². The minimum Gasteiger partial charge on any atom is -0.493 e. The summed E-state index contributed by atoms with van der Waals surface area (Å²) in [4.78, 5) is 0.116. The second kappa shape index (κ2) is 9.43. The number of hydrogen-bond acceptors (Lipinski definition) is 5. The number of nitrogens with one attached hydrogen (secondary N) is 1. The van der Waals surface area contributed by atoms with E-state index >= 15 is 0 Å². The fraction of sp³-hybridized carbons (Fsp3) is 0.423. The predicted molar refractivity (Wildman–Crippen MR) is 139 cm³/mol. The molecule has 8 heteroatoms. The summed E-state index contributed by atoms with van der Waals surface area (Å²) in [5, 5.41) is 4.93. The number of aryl methyl sites for hydroxylation is 3. The van der Waals surface area contributed by atoms with E-state index in [4.69, 9.17) is 15.6 Å². The second-order valence-electron chi connectivity index (χ2n) is 9.97. The Kier molecular flexibility index (Phi) is 7.15. The monoisotopic (exact) mass is 486 g/mol. The number of anilines is 1. The van der Waals surface area contributed by atoms with Crippen LogP contribution in [-0.2, 0) is 22.0 Å². The van der Waals surface area contributed by atoms with Gasteiger partial charge < -0.3 is 10.5 Å². The molecule has 0 saturated heterocycles. The van der Waals surface area contributed by atoms with E-state index in [-0.39, 0.29) is 11.7 Å². The number of rotatable bonds is 7. The van der Waals surface area contributed by atoms with Gasteiger partial charge in [0.2, 0.25) is 10.0 Å². The lowest BCUT2D eigenvalue weighted by molar-refractivity contribution is 0.387. The van der Waals surface area contributed by atoms with Crippen LogP contribution in [0.5, 0.6) is 5.75 Å². The third-order valence-electron chi connectivity index (χ3n) is 5.92. The number of methoxy groups -OCH3 is 1. The highest BCUT2D eigenvalue weighted by Gasteiger charge is 2.32. The van der Waals surface area contributed by atoms with Gasteiger partial charge in [0.25, 0.3) is 0 Å². The lowest BCUT2D eigenvalue weighted by Gasteiger charge is -2.20. The van der Waals surface area contributed by atoms with Gasteiger partial charge in [-0.2, -0.15) is 5.10 Å². The molecule has 0 saturated carbocycles. The maximum atomic E-state index is 13.1. The van der Waals surface area contributed by atoms with Crippen molar-refractivity contribution in [3.05, 3.63) is 70.0 Å². The van der Waals surface area contributed by atoms with E-state index in [9.17, 15) is 8.42 Å². The van der Waals surface area contributed by atoms with Crippen molar-refractivity contribution >= 4 is 15.7 Å². The minimum atomic E-state index is -3.82.